The summed E-state index contributed by atoms with van der Waals surface area (Å²) in [5.41, 5.74) is 0.335. The van der Waals surface area contributed by atoms with Crippen LogP contribution >= 0.6 is 0 Å². The molecule has 2 heterocycles. The van der Waals surface area contributed by atoms with E-state index < -0.39 is 5.97 Å². The minimum atomic E-state index is -0.875. The van der Waals surface area contributed by atoms with Gasteiger partial charge in [-0.15, -0.1) is 0 Å². The van der Waals surface area contributed by atoms with Crippen LogP contribution in [0.15, 0.2) is 18.3 Å². The average Bonchev–Trinajstić information content (AvgIpc) is 3.09. The third kappa shape index (κ3) is 2.44. The summed E-state index contributed by atoms with van der Waals surface area (Å²) in [6.45, 7) is 1.01. The number of aromatic nitrogens is 1. The van der Waals surface area contributed by atoms with Gasteiger partial charge in [0.1, 0.15) is 5.82 Å². The van der Waals surface area contributed by atoms with Crippen molar-refractivity contribution in [1.29, 1.82) is 0 Å². The third-order valence-corrected chi connectivity index (χ3v) is 4.53. The Kier molecular flexibility index (Phi) is 3.40. The highest BCUT2D eigenvalue weighted by molar-refractivity contribution is 5.88. The second kappa shape index (κ2) is 5.19. The van der Waals surface area contributed by atoms with Crippen LogP contribution in [0.1, 0.15) is 48.9 Å². The van der Waals surface area contributed by atoms with E-state index >= 15 is 0 Å². The number of hydrogen-bond donors (Lipinski definition) is 1. The molecule has 0 aromatic carbocycles. The maximum absolute atomic E-state index is 11.1. The smallest absolute Gasteiger partial charge is 0.335 e. The molecule has 1 atom stereocenters. The highest BCUT2D eigenvalue weighted by Crippen LogP contribution is 2.37. The summed E-state index contributed by atoms with van der Waals surface area (Å²) in [6.07, 6.45) is 9.36. The average molecular weight is 260 g/mol. The van der Waals surface area contributed by atoms with Crippen LogP contribution in [0.25, 0.3) is 0 Å². The van der Waals surface area contributed by atoms with Gasteiger partial charge in [-0.2, -0.15) is 0 Å². The molecule has 1 aliphatic heterocycles. The standard InChI is InChI=1S/C15H20N2O2/c18-15(19)12-7-8-16-14(10-12)17-9-3-6-13(17)11-4-1-2-5-11/h7-8,10-11,13H,1-6,9H2,(H,18,19). The number of carbonyl (C=O) groups is 1. The Morgan fingerprint density at radius 2 is 2.05 bits per heavy atom. The number of aromatic carboxylic acids is 1. The summed E-state index contributed by atoms with van der Waals surface area (Å²) >= 11 is 0. The Morgan fingerprint density at radius 1 is 1.26 bits per heavy atom. The Morgan fingerprint density at radius 3 is 2.79 bits per heavy atom. The van der Waals surface area contributed by atoms with Crippen molar-refractivity contribution in [3.8, 4) is 0 Å². The Bertz CT molecular complexity index is 469. The lowest BCUT2D eigenvalue weighted by Crippen LogP contribution is -2.35. The van der Waals surface area contributed by atoms with E-state index in [0.29, 0.717) is 11.6 Å². The van der Waals surface area contributed by atoms with E-state index in [1.54, 1.807) is 18.3 Å². The molecule has 1 aliphatic carbocycles. The molecule has 102 valence electrons. The molecular weight excluding hydrogens is 240 g/mol. The minimum Gasteiger partial charge on any atom is -0.478 e. The predicted octanol–water partition coefficient (Wildman–Crippen LogP) is 2.94. The maximum Gasteiger partial charge on any atom is 0.335 e. The summed E-state index contributed by atoms with van der Waals surface area (Å²) in [5, 5.41) is 9.08. The Balaban J connectivity index is 1.83. The molecule has 1 saturated heterocycles. The number of carboxylic acids is 1. The van der Waals surface area contributed by atoms with E-state index in [0.717, 1.165) is 18.3 Å². The SMILES string of the molecule is O=C(O)c1ccnc(N2CCCC2C2CCCC2)c1. The number of pyridine rings is 1. The zero-order valence-corrected chi connectivity index (χ0v) is 11.1. The quantitative estimate of drug-likeness (QED) is 0.907. The molecule has 0 amide bonds. The number of rotatable bonds is 3. The van der Waals surface area contributed by atoms with Gasteiger partial charge >= 0.3 is 5.97 Å². The summed E-state index contributed by atoms with van der Waals surface area (Å²) in [4.78, 5) is 17.8. The van der Waals surface area contributed by atoms with Gasteiger partial charge in [0.2, 0.25) is 0 Å². The van der Waals surface area contributed by atoms with Gasteiger partial charge < -0.3 is 10.0 Å². The Labute approximate surface area is 113 Å². The first-order chi connectivity index (χ1) is 9.25. The number of anilines is 1. The molecule has 1 aromatic heterocycles. The van der Waals surface area contributed by atoms with E-state index in [1.165, 1.54) is 38.5 Å². The first kappa shape index (κ1) is 12.5. The molecule has 1 N–H and O–H groups in total. The molecule has 4 heteroatoms. The van der Waals surface area contributed by atoms with Crippen molar-refractivity contribution in [3.05, 3.63) is 23.9 Å². The van der Waals surface area contributed by atoms with Crippen LogP contribution < -0.4 is 4.90 Å². The predicted molar refractivity (Wildman–Crippen MR) is 73.5 cm³/mol. The molecule has 4 nitrogen and oxygen atoms in total. The highest BCUT2D eigenvalue weighted by Gasteiger charge is 2.34. The van der Waals surface area contributed by atoms with Crippen molar-refractivity contribution >= 4 is 11.8 Å². The largest absolute Gasteiger partial charge is 0.478 e. The van der Waals surface area contributed by atoms with Crippen LogP contribution in [0, 0.1) is 5.92 Å². The normalized spacial score (nSPS) is 24.0. The number of hydrogen-bond acceptors (Lipinski definition) is 3. The Hall–Kier alpha value is -1.58. The molecule has 2 aliphatic rings. The zero-order valence-electron chi connectivity index (χ0n) is 11.1. The number of carboxylic acid groups (broad SMARTS) is 1. The fourth-order valence-corrected chi connectivity index (χ4v) is 3.62. The molecule has 0 radical (unpaired) electrons. The minimum absolute atomic E-state index is 0.335. The van der Waals surface area contributed by atoms with Gasteiger partial charge in [-0.25, -0.2) is 9.78 Å². The second-order valence-corrected chi connectivity index (χ2v) is 5.66. The number of nitrogens with zero attached hydrogens (tertiary/aromatic N) is 2. The fraction of sp³-hybridized carbons (Fsp3) is 0.600. The topological polar surface area (TPSA) is 53.4 Å². The first-order valence-electron chi connectivity index (χ1n) is 7.22. The van der Waals surface area contributed by atoms with Crippen molar-refractivity contribution < 1.29 is 9.90 Å². The molecule has 19 heavy (non-hydrogen) atoms. The van der Waals surface area contributed by atoms with Crippen LogP contribution in [0.5, 0.6) is 0 Å². The lowest BCUT2D eigenvalue weighted by Gasteiger charge is -2.30. The van der Waals surface area contributed by atoms with Crippen molar-refractivity contribution in [2.75, 3.05) is 11.4 Å². The molecule has 1 unspecified atom stereocenters. The van der Waals surface area contributed by atoms with Gasteiger partial charge in [-0.05, 0) is 43.7 Å². The van der Waals surface area contributed by atoms with Crippen molar-refractivity contribution in [3.63, 3.8) is 0 Å². The van der Waals surface area contributed by atoms with Crippen LogP contribution in [0.4, 0.5) is 5.82 Å². The van der Waals surface area contributed by atoms with Gasteiger partial charge in [0.05, 0.1) is 5.56 Å². The van der Waals surface area contributed by atoms with Crippen LogP contribution in [-0.4, -0.2) is 28.6 Å². The van der Waals surface area contributed by atoms with E-state index in [9.17, 15) is 4.79 Å². The van der Waals surface area contributed by atoms with Crippen LogP contribution in [0.2, 0.25) is 0 Å². The van der Waals surface area contributed by atoms with Crippen molar-refractivity contribution in [1.82, 2.24) is 4.98 Å². The fourth-order valence-electron chi connectivity index (χ4n) is 3.62. The molecule has 0 bridgehead atoms. The van der Waals surface area contributed by atoms with E-state index in [4.69, 9.17) is 5.11 Å². The molecule has 1 aromatic rings. The molecule has 0 spiro atoms. The van der Waals surface area contributed by atoms with Gasteiger partial charge in [0, 0.05) is 18.8 Å². The van der Waals surface area contributed by atoms with Crippen molar-refractivity contribution in [2.45, 2.75) is 44.6 Å². The van der Waals surface area contributed by atoms with Crippen molar-refractivity contribution in [2.24, 2.45) is 5.92 Å². The van der Waals surface area contributed by atoms with Gasteiger partial charge in [0.25, 0.3) is 0 Å². The van der Waals surface area contributed by atoms with Crippen LogP contribution in [0.3, 0.4) is 0 Å². The lowest BCUT2D eigenvalue weighted by atomic mass is 9.96. The lowest BCUT2D eigenvalue weighted by molar-refractivity contribution is 0.0697. The monoisotopic (exact) mass is 260 g/mol. The van der Waals surface area contributed by atoms with E-state index in [1.807, 2.05) is 0 Å². The van der Waals surface area contributed by atoms with E-state index in [2.05, 4.69) is 9.88 Å². The van der Waals surface area contributed by atoms with Gasteiger partial charge in [0.15, 0.2) is 0 Å². The maximum atomic E-state index is 11.1. The molecule has 2 fully saturated rings. The summed E-state index contributed by atoms with van der Waals surface area (Å²) in [6, 6.07) is 3.85. The summed E-state index contributed by atoms with van der Waals surface area (Å²) in [5.74, 6) is 0.743. The van der Waals surface area contributed by atoms with E-state index in [-0.39, 0.29) is 0 Å². The molecule has 1 saturated carbocycles. The van der Waals surface area contributed by atoms with Gasteiger partial charge in [-0.3, -0.25) is 0 Å². The zero-order chi connectivity index (χ0) is 13.2. The van der Waals surface area contributed by atoms with Gasteiger partial charge in [-0.1, -0.05) is 12.8 Å². The molecular formula is C15H20N2O2. The van der Waals surface area contributed by atoms with Crippen LogP contribution in [-0.2, 0) is 0 Å². The highest BCUT2D eigenvalue weighted by atomic mass is 16.4. The summed E-state index contributed by atoms with van der Waals surface area (Å²) < 4.78 is 0. The second-order valence-electron chi connectivity index (χ2n) is 5.66. The summed E-state index contributed by atoms with van der Waals surface area (Å²) in [7, 11) is 0. The molecule has 3 rings (SSSR count). The first-order valence-corrected chi connectivity index (χ1v) is 7.22. The third-order valence-electron chi connectivity index (χ3n) is 4.53.